The molecule has 0 unspecified atom stereocenters. The quantitative estimate of drug-likeness (QED) is 0.504. The summed E-state index contributed by atoms with van der Waals surface area (Å²) in [5.41, 5.74) is 2.15. The first-order valence-electron chi connectivity index (χ1n) is 7.89. The molecule has 0 bridgehead atoms. The summed E-state index contributed by atoms with van der Waals surface area (Å²) in [4.78, 5) is 0. The van der Waals surface area contributed by atoms with Crippen LogP contribution < -0.4 is 14.2 Å². The highest BCUT2D eigenvalue weighted by Crippen LogP contribution is 2.24. The van der Waals surface area contributed by atoms with Crippen LogP contribution in [0.15, 0.2) is 42.5 Å². The van der Waals surface area contributed by atoms with Crippen LogP contribution in [-0.2, 0) is 0 Å². The Morgan fingerprint density at radius 3 is 1.96 bits per heavy atom. The molecule has 3 nitrogen and oxygen atoms in total. The second-order valence-electron chi connectivity index (χ2n) is 5.25. The van der Waals surface area contributed by atoms with Crippen LogP contribution in [0.2, 0.25) is 0 Å². The van der Waals surface area contributed by atoms with Crippen molar-refractivity contribution in [3.8, 4) is 17.2 Å². The van der Waals surface area contributed by atoms with Crippen LogP contribution in [0.25, 0.3) is 12.2 Å². The maximum Gasteiger partial charge on any atom is 0.123 e. The van der Waals surface area contributed by atoms with Crippen molar-refractivity contribution >= 4 is 12.2 Å². The molecule has 0 saturated carbocycles. The minimum atomic E-state index is 0.773. The van der Waals surface area contributed by atoms with Crippen LogP contribution in [0.3, 0.4) is 0 Å². The van der Waals surface area contributed by atoms with Crippen molar-refractivity contribution in [2.75, 3.05) is 20.8 Å². The highest BCUT2D eigenvalue weighted by molar-refractivity contribution is 5.71. The van der Waals surface area contributed by atoms with Gasteiger partial charge in [0, 0.05) is 6.07 Å². The molecule has 0 spiro atoms. The van der Waals surface area contributed by atoms with Crippen molar-refractivity contribution in [1.82, 2.24) is 0 Å². The number of ether oxygens (including phenoxy) is 3. The number of hydrogen-bond acceptors (Lipinski definition) is 3. The zero-order chi connectivity index (χ0) is 16.5. The van der Waals surface area contributed by atoms with Gasteiger partial charge in [0.1, 0.15) is 17.2 Å². The van der Waals surface area contributed by atoms with Gasteiger partial charge in [0.05, 0.1) is 20.8 Å². The highest BCUT2D eigenvalue weighted by atomic mass is 16.5. The largest absolute Gasteiger partial charge is 0.497 e. The second kappa shape index (κ2) is 8.89. The van der Waals surface area contributed by atoms with Crippen LogP contribution >= 0.6 is 0 Å². The zero-order valence-electron chi connectivity index (χ0n) is 14.0. The standard InChI is InChI=1S/C20H24O3/c1-4-5-12-23-18-10-8-16(9-11-18)6-7-17-13-19(21-2)15-20(14-17)22-3/h6-11,13-15H,4-5,12H2,1-3H3/b7-6-. The molecular formula is C20H24O3. The Balaban J connectivity index is 2.05. The fourth-order valence-corrected chi connectivity index (χ4v) is 2.13. The average Bonchev–Trinajstić information content (AvgIpc) is 2.61. The van der Waals surface area contributed by atoms with Crippen LogP contribution in [0, 0.1) is 0 Å². The molecule has 0 aliphatic heterocycles. The van der Waals surface area contributed by atoms with Crippen molar-refractivity contribution in [1.29, 1.82) is 0 Å². The molecule has 0 aliphatic carbocycles. The molecule has 2 aromatic carbocycles. The topological polar surface area (TPSA) is 27.7 Å². The monoisotopic (exact) mass is 312 g/mol. The predicted octanol–water partition coefficient (Wildman–Crippen LogP) is 5.05. The lowest BCUT2D eigenvalue weighted by atomic mass is 10.1. The Kier molecular flexibility index (Phi) is 6.55. The summed E-state index contributed by atoms with van der Waals surface area (Å²) in [5, 5.41) is 0. The molecule has 2 rings (SSSR count). The molecular weight excluding hydrogens is 288 g/mol. The van der Waals surface area contributed by atoms with Crippen LogP contribution in [-0.4, -0.2) is 20.8 Å². The van der Waals surface area contributed by atoms with Gasteiger partial charge in [0.15, 0.2) is 0 Å². The third-order valence-electron chi connectivity index (χ3n) is 3.49. The lowest BCUT2D eigenvalue weighted by Crippen LogP contribution is -1.95. The van der Waals surface area contributed by atoms with Gasteiger partial charge in [-0.05, 0) is 41.8 Å². The molecule has 122 valence electrons. The molecule has 0 aliphatic rings. The molecule has 0 N–H and O–H groups in total. The Morgan fingerprint density at radius 1 is 0.783 bits per heavy atom. The van der Waals surface area contributed by atoms with Crippen molar-refractivity contribution in [3.63, 3.8) is 0 Å². The first-order chi connectivity index (χ1) is 11.2. The van der Waals surface area contributed by atoms with E-state index in [0.717, 1.165) is 47.8 Å². The number of unbranched alkanes of at least 4 members (excludes halogenated alkanes) is 1. The van der Waals surface area contributed by atoms with Crippen molar-refractivity contribution in [2.24, 2.45) is 0 Å². The molecule has 0 radical (unpaired) electrons. The highest BCUT2D eigenvalue weighted by Gasteiger charge is 1.99. The van der Waals surface area contributed by atoms with Gasteiger partial charge in [-0.15, -0.1) is 0 Å². The Labute approximate surface area is 138 Å². The number of rotatable bonds is 8. The van der Waals surface area contributed by atoms with E-state index in [1.165, 1.54) is 0 Å². The summed E-state index contributed by atoms with van der Waals surface area (Å²) >= 11 is 0. The van der Waals surface area contributed by atoms with E-state index >= 15 is 0 Å². The Hall–Kier alpha value is -2.42. The molecule has 0 heterocycles. The molecule has 0 amide bonds. The Bertz CT molecular complexity index is 608. The zero-order valence-corrected chi connectivity index (χ0v) is 14.0. The summed E-state index contributed by atoms with van der Waals surface area (Å²) in [6.07, 6.45) is 6.33. The fourth-order valence-electron chi connectivity index (χ4n) is 2.13. The molecule has 0 saturated heterocycles. The van der Waals surface area contributed by atoms with Crippen molar-refractivity contribution < 1.29 is 14.2 Å². The van der Waals surface area contributed by atoms with Gasteiger partial charge in [-0.2, -0.15) is 0 Å². The van der Waals surface area contributed by atoms with Gasteiger partial charge in [0.2, 0.25) is 0 Å². The van der Waals surface area contributed by atoms with Crippen LogP contribution in [0.1, 0.15) is 30.9 Å². The number of hydrogen-bond donors (Lipinski definition) is 0. The Morgan fingerprint density at radius 2 is 1.39 bits per heavy atom. The van der Waals surface area contributed by atoms with Gasteiger partial charge in [0.25, 0.3) is 0 Å². The van der Waals surface area contributed by atoms with Crippen LogP contribution in [0.5, 0.6) is 17.2 Å². The molecule has 0 aromatic heterocycles. The first-order valence-corrected chi connectivity index (χ1v) is 7.89. The summed E-state index contributed by atoms with van der Waals surface area (Å²) in [6, 6.07) is 13.9. The van der Waals surface area contributed by atoms with Gasteiger partial charge >= 0.3 is 0 Å². The van der Waals surface area contributed by atoms with E-state index in [1.807, 2.05) is 36.4 Å². The third kappa shape index (κ3) is 5.37. The van der Waals surface area contributed by atoms with Gasteiger partial charge in [-0.1, -0.05) is 37.6 Å². The van der Waals surface area contributed by atoms with Crippen molar-refractivity contribution in [3.05, 3.63) is 53.6 Å². The van der Waals surface area contributed by atoms with E-state index in [2.05, 4.69) is 25.1 Å². The lowest BCUT2D eigenvalue weighted by Gasteiger charge is -2.06. The van der Waals surface area contributed by atoms with Gasteiger partial charge in [-0.3, -0.25) is 0 Å². The minimum absolute atomic E-state index is 0.773. The first kappa shape index (κ1) is 16.9. The van der Waals surface area contributed by atoms with E-state index in [-0.39, 0.29) is 0 Å². The summed E-state index contributed by atoms with van der Waals surface area (Å²) in [7, 11) is 3.30. The van der Waals surface area contributed by atoms with Crippen molar-refractivity contribution in [2.45, 2.75) is 19.8 Å². The van der Waals surface area contributed by atoms with E-state index in [9.17, 15) is 0 Å². The van der Waals surface area contributed by atoms with Crippen LogP contribution in [0.4, 0.5) is 0 Å². The summed E-state index contributed by atoms with van der Waals surface area (Å²) < 4.78 is 16.2. The fraction of sp³-hybridized carbons (Fsp3) is 0.300. The average molecular weight is 312 g/mol. The maximum atomic E-state index is 5.67. The van der Waals surface area contributed by atoms with E-state index in [1.54, 1.807) is 14.2 Å². The molecule has 0 atom stereocenters. The number of methoxy groups -OCH3 is 2. The number of benzene rings is 2. The molecule has 23 heavy (non-hydrogen) atoms. The molecule has 3 heteroatoms. The van der Waals surface area contributed by atoms with Gasteiger partial charge in [-0.25, -0.2) is 0 Å². The summed E-state index contributed by atoms with van der Waals surface area (Å²) in [5.74, 6) is 2.48. The van der Waals surface area contributed by atoms with E-state index < -0.39 is 0 Å². The predicted molar refractivity (Wildman–Crippen MR) is 95.3 cm³/mol. The van der Waals surface area contributed by atoms with E-state index in [0.29, 0.717) is 0 Å². The third-order valence-corrected chi connectivity index (χ3v) is 3.49. The SMILES string of the molecule is CCCCOc1ccc(/C=C\c2cc(OC)cc(OC)c2)cc1. The maximum absolute atomic E-state index is 5.67. The second-order valence-corrected chi connectivity index (χ2v) is 5.25. The molecule has 0 fully saturated rings. The summed E-state index contributed by atoms with van der Waals surface area (Å²) in [6.45, 7) is 2.93. The normalized spacial score (nSPS) is 10.7. The smallest absolute Gasteiger partial charge is 0.123 e. The minimum Gasteiger partial charge on any atom is -0.497 e. The van der Waals surface area contributed by atoms with E-state index in [4.69, 9.17) is 14.2 Å². The van der Waals surface area contributed by atoms with Gasteiger partial charge < -0.3 is 14.2 Å². The molecule has 2 aromatic rings. The lowest BCUT2D eigenvalue weighted by molar-refractivity contribution is 0.309.